The number of likely N-dealkylation sites (tertiary alicyclic amines) is 1. The number of hydrogen-bond acceptors (Lipinski definition) is 5. The van der Waals surface area contributed by atoms with Gasteiger partial charge in [-0.1, -0.05) is 33.3 Å². The van der Waals surface area contributed by atoms with Crippen LogP contribution in [0.1, 0.15) is 29.2 Å². The zero-order valence-electron chi connectivity index (χ0n) is 16.8. The van der Waals surface area contributed by atoms with E-state index in [1.54, 1.807) is 10.9 Å². The Labute approximate surface area is 187 Å². The number of piperidine rings is 1. The van der Waals surface area contributed by atoms with Gasteiger partial charge in [0.15, 0.2) is 5.69 Å². The molecule has 8 nitrogen and oxygen atoms in total. The summed E-state index contributed by atoms with van der Waals surface area (Å²) in [7, 11) is 0. The van der Waals surface area contributed by atoms with Gasteiger partial charge < -0.3 is 10.3 Å². The van der Waals surface area contributed by atoms with Gasteiger partial charge in [-0.2, -0.15) is 0 Å². The number of rotatable bonds is 5. The fourth-order valence-electron chi connectivity index (χ4n) is 3.87. The SMILES string of the molecule is O=C(NC1CCN(Cc2nc3ccccc3[nH]2)CC1)c1cn(-c2ccc(Br)cc2)nn1. The second-order valence-electron chi connectivity index (χ2n) is 7.75. The van der Waals surface area contributed by atoms with Crippen LogP contribution in [0.5, 0.6) is 0 Å². The quantitative estimate of drug-likeness (QED) is 0.458. The number of nitrogens with zero attached hydrogens (tertiary/aromatic N) is 5. The number of aromatic amines is 1. The number of H-pyrrole nitrogens is 1. The van der Waals surface area contributed by atoms with Crippen LogP contribution in [0.25, 0.3) is 16.7 Å². The van der Waals surface area contributed by atoms with Crippen molar-refractivity contribution < 1.29 is 4.79 Å². The first-order valence-corrected chi connectivity index (χ1v) is 11.1. The summed E-state index contributed by atoms with van der Waals surface area (Å²) >= 11 is 3.41. The van der Waals surface area contributed by atoms with E-state index >= 15 is 0 Å². The molecule has 0 radical (unpaired) electrons. The van der Waals surface area contributed by atoms with Crippen LogP contribution in [0.4, 0.5) is 0 Å². The molecule has 0 atom stereocenters. The minimum absolute atomic E-state index is 0.136. The number of carbonyl (C=O) groups excluding carboxylic acids is 1. The van der Waals surface area contributed by atoms with E-state index in [-0.39, 0.29) is 11.9 Å². The van der Waals surface area contributed by atoms with Crippen molar-refractivity contribution in [2.24, 2.45) is 0 Å². The second kappa shape index (κ2) is 8.60. The topological polar surface area (TPSA) is 91.7 Å². The molecule has 1 saturated heterocycles. The van der Waals surface area contributed by atoms with Crippen LogP contribution in [0.15, 0.2) is 59.2 Å². The summed E-state index contributed by atoms with van der Waals surface area (Å²) in [6.07, 6.45) is 3.45. The summed E-state index contributed by atoms with van der Waals surface area (Å²) < 4.78 is 2.60. The number of nitrogens with one attached hydrogen (secondary N) is 2. The molecule has 2 aromatic carbocycles. The molecule has 5 rings (SSSR count). The van der Waals surface area contributed by atoms with E-state index in [0.717, 1.165) is 59.5 Å². The molecule has 2 aromatic heterocycles. The van der Waals surface area contributed by atoms with E-state index in [9.17, 15) is 4.79 Å². The van der Waals surface area contributed by atoms with Crippen molar-refractivity contribution >= 4 is 32.9 Å². The van der Waals surface area contributed by atoms with E-state index < -0.39 is 0 Å². The third kappa shape index (κ3) is 4.52. The molecule has 0 aliphatic carbocycles. The van der Waals surface area contributed by atoms with Gasteiger partial charge >= 0.3 is 0 Å². The van der Waals surface area contributed by atoms with Crippen molar-refractivity contribution in [2.45, 2.75) is 25.4 Å². The van der Waals surface area contributed by atoms with Crippen molar-refractivity contribution in [1.29, 1.82) is 0 Å². The summed E-state index contributed by atoms with van der Waals surface area (Å²) in [5.41, 5.74) is 3.24. The lowest BCUT2D eigenvalue weighted by molar-refractivity contribution is 0.0903. The minimum atomic E-state index is -0.181. The number of hydrogen-bond donors (Lipinski definition) is 2. The molecule has 31 heavy (non-hydrogen) atoms. The average molecular weight is 480 g/mol. The minimum Gasteiger partial charge on any atom is -0.348 e. The summed E-state index contributed by atoms with van der Waals surface area (Å²) in [5, 5.41) is 11.2. The molecule has 1 fully saturated rings. The lowest BCUT2D eigenvalue weighted by atomic mass is 10.0. The van der Waals surface area contributed by atoms with Crippen molar-refractivity contribution in [3.8, 4) is 5.69 Å². The van der Waals surface area contributed by atoms with Gasteiger partial charge in [0.1, 0.15) is 5.82 Å². The first-order valence-electron chi connectivity index (χ1n) is 10.3. The first kappa shape index (κ1) is 19.9. The third-order valence-electron chi connectivity index (χ3n) is 5.55. The van der Waals surface area contributed by atoms with E-state index in [2.05, 4.69) is 46.4 Å². The molecule has 0 spiro atoms. The summed E-state index contributed by atoms with van der Waals surface area (Å²) in [5.74, 6) is 0.798. The van der Waals surface area contributed by atoms with Crippen LogP contribution in [0.3, 0.4) is 0 Å². The molecule has 158 valence electrons. The molecule has 2 N–H and O–H groups in total. The van der Waals surface area contributed by atoms with Gasteiger partial charge in [-0.3, -0.25) is 9.69 Å². The summed E-state index contributed by atoms with van der Waals surface area (Å²) in [4.78, 5) is 23.0. The van der Waals surface area contributed by atoms with Crippen molar-refractivity contribution in [3.63, 3.8) is 0 Å². The number of aromatic nitrogens is 5. The molecular formula is C22H22BrN7O. The van der Waals surface area contributed by atoms with Crippen molar-refractivity contribution in [2.75, 3.05) is 13.1 Å². The van der Waals surface area contributed by atoms with Crippen LogP contribution in [-0.4, -0.2) is 54.9 Å². The number of para-hydroxylation sites is 2. The maximum atomic E-state index is 12.6. The maximum absolute atomic E-state index is 12.6. The van der Waals surface area contributed by atoms with Gasteiger partial charge in [-0.15, -0.1) is 5.10 Å². The number of fused-ring (bicyclic) bond motifs is 1. The Morgan fingerprint density at radius 2 is 1.90 bits per heavy atom. The highest BCUT2D eigenvalue weighted by atomic mass is 79.9. The number of halogens is 1. The fourth-order valence-corrected chi connectivity index (χ4v) is 4.14. The highest BCUT2D eigenvalue weighted by Gasteiger charge is 2.23. The zero-order valence-corrected chi connectivity index (χ0v) is 18.4. The highest BCUT2D eigenvalue weighted by Crippen LogP contribution is 2.17. The molecular weight excluding hydrogens is 458 g/mol. The van der Waals surface area contributed by atoms with E-state index in [1.165, 1.54) is 0 Å². The van der Waals surface area contributed by atoms with Crippen LogP contribution in [0.2, 0.25) is 0 Å². The van der Waals surface area contributed by atoms with Gasteiger partial charge in [-0.25, -0.2) is 9.67 Å². The van der Waals surface area contributed by atoms with Gasteiger partial charge in [0.05, 0.1) is 29.5 Å². The van der Waals surface area contributed by atoms with Gasteiger partial charge in [-0.05, 0) is 49.2 Å². The van der Waals surface area contributed by atoms with Crippen molar-refractivity contribution in [1.82, 2.24) is 35.2 Å². The Hall–Kier alpha value is -3.04. The van der Waals surface area contributed by atoms with E-state index in [1.807, 2.05) is 48.5 Å². The van der Waals surface area contributed by atoms with Crippen LogP contribution < -0.4 is 5.32 Å². The molecule has 0 bridgehead atoms. The van der Waals surface area contributed by atoms with Crippen LogP contribution in [0, 0.1) is 0 Å². The number of imidazole rings is 1. The lowest BCUT2D eigenvalue weighted by Gasteiger charge is -2.31. The first-order chi connectivity index (χ1) is 15.1. The predicted octanol–water partition coefficient (Wildman–Crippen LogP) is 3.30. The molecule has 1 aliphatic heterocycles. The molecule has 4 aromatic rings. The molecule has 0 saturated carbocycles. The number of carbonyl (C=O) groups is 1. The molecule has 1 amide bonds. The lowest BCUT2D eigenvalue weighted by Crippen LogP contribution is -2.44. The van der Waals surface area contributed by atoms with Crippen LogP contribution >= 0.6 is 15.9 Å². The highest BCUT2D eigenvalue weighted by molar-refractivity contribution is 9.10. The Morgan fingerprint density at radius 3 is 2.68 bits per heavy atom. The smallest absolute Gasteiger partial charge is 0.273 e. The molecule has 0 unspecified atom stereocenters. The predicted molar refractivity (Wildman–Crippen MR) is 121 cm³/mol. The third-order valence-corrected chi connectivity index (χ3v) is 6.08. The standard InChI is InChI=1S/C22H22BrN7O/c23-15-5-7-17(8-6-15)30-13-20(27-28-30)22(31)24-16-9-11-29(12-10-16)14-21-25-18-3-1-2-4-19(18)26-21/h1-8,13,16H,9-12,14H2,(H,24,31)(H,25,26). The largest absolute Gasteiger partial charge is 0.348 e. The zero-order chi connectivity index (χ0) is 21.2. The summed E-state index contributed by atoms with van der Waals surface area (Å²) in [6, 6.07) is 15.9. The van der Waals surface area contributed by atoms with Crippen LogP contribution in [-0.2, 0) is 6.54 Å². The van der Waals surface area contributed by atoms with E-state index in [0.29, 0.717) is 5.69 Å². The summed E-state index contributed by atoms with van der Waals surface area (Å²) in [6.45, 7) is 2.61. The average Bonchev–Trinajstić information content (AvgIpc) is 3.43. The Kier molecular flexibility index (Phi) is 5.52. The normalized spacial score (nSPS) is 15.4. The van der Waals surface area contributed by atoms with Gasteiger partial charge in [0.2, 0.25) is 0 Å². The molecule has 3 heterocycles. The monoisotopic (exact) mass is 479 g/mol. The fraction of sp³-hybridized carbons (Fsp3) is 0.273. The molecule has 1 aliphatic rings. The molecule has 9 heteroatoms. The maximum Gasteiger partial charge on any atom is 0.273 e. The number of benzene rings is 2. The Bertz CT molecular complexity index is 1160. The number of amides is 1. The Balaban J connectivity index is 1.14. The Morgan fingerprint density at radius 1 is 1.13 bits per heavy atom. The van der Waals surface area contributed by atoms with Gasteiger partial charge in [0.25, 0.3) is 5.91 Å². The van der Waals surface area contributed by atoms with Gasteiger partial charge in [0, 0.05) is 23.6 Å². The van der Waals surface area contributed by atoms with E-state index in [4.69, 9.17) is 0 Å². The van der Waals surface area contributed by atoms with Crippen molar-refractivity contribution in [3.05, 3.63) is 70.7 Å². The second-order valence-corrected chi connectivity index (χ2v) is 8.66.